The van der Waals surface area contributed by atoms with Gasteiger partial charge in [0.25, 0.3) is 0 Å². The molecule has 0 amide bonds. The Balaban J connectivity index is 1.92. The molecule has 3 heterocycles. The van der Waals surface area contributed by atoms with Gasteiger partial charge < -0.3 is 9.72 Å². The summed E-state index contributed by atoms with van der Waals surface area (Å²) in [4.78, 5) is 6.96. The highest BCUT2D eigenvalue weighted by molar-refractivity contribution is 5.40. The zero-order valence-corrected chi connectivity index (χ0v) is 10.1. The summed E-state index contributed by atoms with van der Waals surface area (Å²) >= 11 is 0. The van der Waals surface area contributed by atoms with Gasteiger partial charge in [-0.3, -0.25) is 4.90 Å². The van der Waals surface area contributed by atoms with Crippen LogP contribution in [0.15, 0.2) is 30.6 Å². The Bertz CT molecular complexity index is 499. The van der Waals surface area contributed by atoms with Crippen molar-refractivity contribution >= 4 is 5.65 Å². The van der Waals surface area contributed by atoms with Crippen molar-refractivity contribution in [3.63, 3.8) is 0 Å². The van der Waals surface area contributed by atoms with E-state index in [1.807, 2.05) is 18.3 Å². The number of pyridine rings is 1. The summed E-state index contributed by atoms with van der Waals surface area (Å²) in [5.74, 6) is 0. The molecule has 1 N–H and O–H groups in total. The van der Waals surface area contributed by atoms with Crippen molar-refractivity contribution in [2.75, 3.05) is 26.2 Å². The van der Waals surface area contributed by atoms with Crippen molar-refractivity contribution in [1.82, 2.24) is 19.6 Å². The van der Waals surface area contributed by atoms with Crippen molar-refractivity contribution in [2.24, 2.45) is 0 Å². The fourth-order valence-electron chi connectivity index (χ4n) is 2.52. The van der Waals surface area contributed by atoms with Crippen LogP contribution in [0.25, 0.3) is 5.65 Å². The molecule has 4 heteroatoms. The molecule has 0 aromatic carbocycles. The largest absolute Gasteiger partial charge is 0.314 e. The predicted octanol–water partition coefficient (Wildman–Crippen LogP) is 1.30. The predicted molar refractivity (Wildman–Crippen MR) is 68.0 cm³/mol. The number of imidazole rings is 1. The molecule has 2 aromatic heterocycles. The molecule has 0 spiro atoms. The second kappa shape index (κ2) is 4.47. The topological polar surface area (TPSA) is 32.6 Å². The van der Waals surface area contributed by atoms with Crippen LogP contribution in [0.2, 0.25) is 0 Å². The number of hydrogen-bond acceptors (Lipinski definition) is 3. The van der Waals surface area contributed by atoms with Crippen LogP contribution in [0.5, 0.6) is 0 Å². The average molecular weight is 230 g/mol. The van der Waals surface area contributed by atoms with Crippen molar-refractivity contribution in [1.29, 1.82) is 0 Å². The third kappa shape index (κ3) is 1.94. The number of nitrogens with zero attached hydrogens (tertiary/aromatic N) is 3. The van der Waals surface area contributed by atoms with Gasteiger partial charge >= 0.3 is 0 Å². The van der Waals surface area contributed by atoms with Crippen molar-refractivity contribution in [3.8, 4) is 0 Å². The molecule has 1 atom stereocenters. The molecule has 1 fully saturated rings. The SMILES string of the molecule is CC(c1cnc2ccccn12)N1CCNCC1. The zero-order chi connectivity index (χ0) is 11.7. The van der Waals surface area contributed by atoms with E-state index in [2.05, 4.69) is 38.8 Å². The lowest BCUT2D eigenvalue weighted by atomic mass is 10.2. The molecule has 0 saturated carbocycles. The number of rotatable bonds is 2. The summed E-state index contributed by atoms with van der Waals surface area (Å²) in [6.07, 6.45) is 4.10. The molecule has 1 saturated heterocycles. The summed E-state index contributed by atoms with van der Waals surface area (Å²) < 4.78 is 2.19. The van der Waals surface area contributed by atoms with E-state index in [1.54, 1.807) is 0 Å². The van der Waals surface area contributed by atoms with Crippen LogP contribution in [0.4, 0.5) is 0 Å². The first-order valence-corrected chi connectivity index (χ1v) is 6.23. The smallest absolute Gasteiger partial charge is 0.136 e. The molecule has 1 unspecified atom stereocenters. The van der Waals surface area contributed by atoms with Gasteiger partial charge in [0, 0.05) is 38.4 Å². The maximum absolute atomic E-state index is 4.46. The Morgan fingerprint density at radius 3 is 2.94 bits per heavy atom. The van der Waals surface area contributed by atoms with E-state index in [9.17, 15) is 0 Å². The summed E-state index contributed by atoms with van der Waals surface area (Å²) in [6, 6.07) is 6.56. The van der Waals surface area contributed by atoms with Crippen molar-refractivity contribution in [2.45, 2.75) is 13.0 Å². The summed E-state index contributed by atoms with van der Waals surface area (Å²) in [6.45, 7) is 6.66. The highest BCUT2D eigenvalue weighted by atomic mass is 15.2. The van der Waals surface area contributed by atoms with Crippen LogP contribution in [0, 0.1) is 0 Å². The monoisotopic (exact) mass is 230 g/mol. The number of hydrogen-bond donors (Lipinski definition) is 1. The second-order valence-electron chi connectivity index (χ2n) is 4.57. The molecular weight excluding hydrogens is 212 g/mol. The lowest BCUT2D eigenvalue weighted by Gasteiger charge is -2.32. The third-order valence-corrected chi connectivity index (χ3v) is 3.57. The van der Waals surface area contributed by atoms with Gasteiger partial charge in [0.15, 0.2) is 0 Å². The van der Waals surface area contributed by atoms with Gasteiger partial charge in [-0.05, 0) is 19.1 Å². The van der Waals surface area contributed by atoms with E-state index >= 15 is 0 Å². The van der Waals surface area contributed by atoms with Gasteiger partial charge in [0.2, 0.25) is 0 Å². The molecule has 17 heavy (non-hydrogen) atoms. The maximum atomic E-state index is 4.46. The molecule has 3 rings (SSSR count). The highest BCUT2D eigenvalue weighted by Gasteiger charge is 2.20. The summed E-state index contributed by atoms with van der Waals surface area (Å²) in [7, 11) is 0. The zero-order valence-electron chi connectivity index (χ0n) is 10.1. The van der Waals surface area contributed by atoms with E-state index in [4.69, 9.17) is 0 Å². The molecule has 0 aliphatic carbocycles. The van der Waals surface area contributed by atoms with Crippen LogP contribution >= 0.6 is 0 Å². The van der Waals surface area contributed by atoms with Gasteiger partial charge in [-0.25, -0.2) is 4.98 Å². The minimum absolute atomic E-state index is 0.425. The van der Waals surface area contributed by atoms with E-state index in [-0.39, 0.29) is 0 Å². The van der Waals surface area contributed by atoms with E-state index < -0.39 is 0 Å². The lowest BCUT2D eigenvalue weighted by Crippen LogP contribution is -2.44. The van der Waals surface area contributed by atoms with Gasteiger partial charge in [-0.2, -0.15) is 0 Å². The summed E-state index contributed by atoms with van der Waals surface area (Å²) in [5, 5.41) is 3.39. The molecule has 0 radical (unpaired) electrons. The van der Waals surface area contributed by atoms with E-state index in [1.165, 1.54) is 5.69 Å². The first kappa shape index (κ1) is 10.7. The van der Waals surface area contributed by atoms with Gasteiger partial charge in [-0.1, -0.05) is 6.07 Å². The summed E-state index contributed by atoms with van der Waals surface area (Å²) in [5.41, 5.74) is 2.31. The fraction of sp³-hybridized carbons (Fsp3) is 0.462. The molecule has 4 nitrogen and oxygen atoms in total. The molecule has 2 aromatic rings. The quantitative estimate of drug-likeness (QED) is 0.844. The number of nitrogens with one attached hydrogen (secondary N) is 1. The highest BCUT2D eigenvalue weighted by Crippen LogP contribution is 2.21. The number of aromatic nitrogens is 2. The van der Waals surface area contributed by atoms with E-state index in [0.29, 0.717) is 6.04 Å². The third-order valence-electron chi connectivity index (χ3n) is 3.57. The van der Waals surface area contributed by atoms with Crippen molar-refractivity contribution in [3.05, 3.63) is 36.3 Å². The molecule has 0 bridgehead atoms. The normalized spacial score (nSPS) is 19.6. The minimum Gasteiger partial charge on any atom is -0.314 e. The molecular formula is C13H18N4. The molecule has 90 valence electrons. The maximum Gasteiger partial charge on any atom is 0.136 e. The number of fused-ring (bicyclic) bond motifs is 1. The first-order chi connectivity index (χ1) is 8.36. The Kier molecular flexibility index (Phi) is 2.82. The standard InChI is InChI=1S/C13H18N4/c1-11(16-8-5-14-6-9-16)12-10-15-13-4-2-3-7-17(12)13/h2-4,7,10-11,14H,5-6,8-9H2,1H3. The minimum atomic E-state index is 0.425. The van der Waals surface area contributed by atoms with E-state index in [0.717, 1.165) is 31.8 Å². The van der Waals surface area contributed by atoms with Crippen molar-refractivity contribution < 1.29 is 0 Å². The lowest BCUT2D eigenvalue weighted by molar-refractivity contribution is 0.182. The van der Waals surface area contributed by atoms with Crippen LogP contribution in [0.3, 0.4) is 0 Å². The molecule has 1 aliphatic heterocycles. The Morgan fingerprint density at radius 2 is 2.12 bits per heavy atom. The Morgan fingerprint density at radius 1 is 1.29 bits per heavy atom. The van der Waals surface area contributed by atoms with Crippen LogP contribution in [0.1, 0.15) is 18.7 Å². The fourth-order valence-corrected chi connectivity index (χ4v) is 2.52. The van der Waals surface area contributed by atoms with Crippen LogP contribution < -0.4 is 5.32 Å². The Labute approximate surface area is 101 Å². The second-order valence-corrected chi connectivity index (χ2v) is 4.57. The number of piperazine rings is 1. The van der Waals surface area contributed by atoms with Gasteiger partial charge in [0.1, 0.15) is 5.65 Å². The first-order valence-electron chi connectivity index (χ1n) is 6.23. The van der Waals surface area contributed by atoms with Gasteiger partial charge in [0.05, 0.1) is 11.9 Å². The van der Waals surface area contributed by atoms with Crippen LogP contribution in [-0.2, 0) is 0 Å². The molecule has 1 aliphatic rings. The average Bonchev–Trinajstić information content (AvgIpc) is 2.83. The Hall–Kier alpha value is -1.39. The van der Waals surface area contributed by atoms with Crippen LogP contribution in [-0.4, -0.2) is 40.5 Å². The van der Waals surface area contributed by atoms with Gasteiger partial charge in [-0.15, -0.1) is 0 Å².